The summed E-state index contributed by atoms with van der Waals surface area (Å²) in [7, 11) is 1.34. The Hall–Kier alpha value is -4.23. The molecule has 7 nitrogen and oxygen atoms in total. The zero-order valence-electron chi connectivity index (χ0n) is 19.4. The van der Waals surface area contributed by atoms with Crippen LogP contribution in [0.3, 0.4) is 0 Å². The Labute approximate surface area is 207 Å². The lowest BCUT2D eigenvalue weighted by molar-refractivity contribution is 0.0602. The third-order valence-corrected chi connectivity index (χ3v) is 6.04. The predicted molar refractivity (Wildman–Crippen MR) is 138 cm³/mol. The number of nitrogens with one attached hydrogen (secondary N) is 1. The number of para-hydroxylation sites is 1. The highest BCUT2D eigenvalue weighted by molar-refractivity contribution is 6.31. The number of aryl methyl sites for hydroxylation is 2. The molecule has 0 unspecified atom stereocenters. The van der Waals surface area contributed by atoms with Crippen molar-refractivity contribution in [2.24, 2.45) is 0 Å². The van der Waals surface area contributed by atoms with Crippen molar-refractivity contribution in [2.75, 3.05) is 12.4 Å². The first-order chi connectivity index (χ1) is 17.0. The molecule has 3 aromatic carbocycles. The Kier molecular flexibility index (Phi) is 5.93. The molecule has 5 aromatic rings. The van der Waals surface area contributed by atoms with Gasteiger partial charge in [0.1, 0.15) is 5.82 Å². The highest BCUT2D eigenvalue weighted by atomic mass is 35.5. The van der Waals surface area contributed by atoms with Crippen LogP contribution in [0.15, 0.2) is 73.1 Å². The molecule has 2 heterocycles. The van der Waals surface area contributed by atoms with Crippen LogP contribution in [0.1, 0.15) is 21.6 Å². The van der Waals surface area contributed by atoms with Crippen LogP contribution in [-0.4, -0.2) is 32.8 Å². The molecule has 1 N–H and O–H groups in total. The van der Waals surface area contributed by atoms with Gasteiger partial charge in [-0.15, -0.1) is 0 Å². The van der Waals surface area contributed by atoms with E-state index >= 15 is 0 Å². The van der Waals surface area contributed by atoms with Crippen LogP contribution in [0.4, 0.5) is 11.5 Å². The Morgan fingerprint density at radius 3 is 2.51 bits per heavy atom. The fourth-order valence-electron chi connectivity index (χ4n) is 4.11. The second kappa shape index (κ2) is 9.19. The average Bonchev–Trinajstić information content (AvgIpc) is 3.19. The third-order valence-electron chi connectivity index (χ3n) is 5.80. The SMILES string of the molecule is COC(=O)c1cc(Cl)ccc1Nc1c(-c2ccc3nccnc3c2)c(C)nn1-c1ccccc1C. The van der Waals surface area contributed by atoms with Crippen molar-refractivity contribution in [3.8, 4) is 16.8 Å². The van der Waals surface area contributed by atoms with Crippen molar-refractivity contribution in [2.45, 2.75) is 13.8 Å². The predicted octanol–water partition coefficient (Wildman–Crippen LogP) is 6.28. The van der Waals surface area contributed by atoms with Crippen LogP contribution in [0, 0.1) is 13.8 Å². The summed E-state index contributed by atoms with van der Waals surface area (Å²) < 4.78 is 6.85. The zero-order valence-corrected chi connectivity index (χ0v) is 20.2. The summed E-state index contributed by atoms with van der Waals surface area (Å²) in [5.74, 6) is 0.212. The van der Waals surface area contributed by atoms with E-state index in [-0.39, 0.29) is 0 Å². The second-order valence-corrected chi connectivity index (χ2v) is 8.51. The number of nitrogens with zero attached hydrogens (tertiary/aromatic N) is 4. The van der Waals surface area contributed by atoms with Crippen molar-refractivity contribution in [1.82, 2.24) is 19.7 Å². The number of benzene rings is 3. The van der Waals surface area contributed by atoms with Crippen molar-refractivity contribution >= 4 is 40.1 Å². The highest BCUT2D eigenvalue weighted by Gasteiger charge is 2.22. The van der Waals surface area contributed by atoms with Crippen molar-refractivity contribution < 1.29 is 9.53 Å². The quantitative estimate of drug-likeness (QED) is 0.296. The van der Waals surface area contributed by atoms with Gasteiger partial charge >= 0.3 is 5.97 Å². The Bertz CT molecular complexity index is 1580. The van der Waals surface area contributed by atoms with Gasteiger partial charge in [-0.2, -0.15) is 5.10 Å². The van der Waals surface area contributed by atoms with Gasteiger partial charge < -0.3 is 10.1 Å². The maximum absolute atomic E-state index is 12.5. The van der Waals surface area contributed by atoms with E-state index in [0.29, 0.717) is 22.1 Å². The molecule has 0 bridgehead atoms. The summed E-state index contributed by atoms with van der Waals surface area (Å²) in [5.41, 5.74) is 7.05. The maximum atomic E-state index is 12.5. The van der Waals surface area contributed by atoms with Gasteiger partial charge in [-0.25, -0.2) is 9.48 Å². The molecule has 174 valence electrons. The van der Waals surface area contributed by atoms with Crippen molar-refractivity contribution in [1.29, 1.82) is 0 Å². The van der Waals surface area contributed by atoms with Gasteiger partial charge in [0.2, 0.25) is 0 Å². The van der Waals surface area contributed by atoms with E-state index in [2.05, 4.69) is 15.3 Å². The maximum Gasteiger partial charge on any atom is 0.340 e. The smallest absolute Gasteiger partial charge is 0.340 e. The normalized spacial score (nSPS) is 11.0. The Morgan fingerprint density at radius 1 is 0.971 bits per heavy atom. The van der Waals surface area contributed by atoms with Gasteiger partial charge in [0.05, 0.1) is 40.8 Å². The number of methoxy groups -OCH3 is 1. The first-order valence-corrected chi connectivity index (χ1v) is 11.4. The minimum absolute atomic E-state index is 0.325. The summed E-state index contributed by atoms with van der Waals surface area (Å²) in [6, 6.07) is 19.0. The summed E-state index contributed by atoms with van der Waals surface area (Å²) in [4.78, 5) is 21.4. The minimum atomic E-state index is -0.490. The number of anilines is 2. The molecular weight excluding hydrogens is 462 g/mol. The molecule has 35 heavy (non-hydrogen) atoms. The van der Waals surface area contributed by atoms with Crippen molar-refractivity contribution in [3.05, 3.63) is 94.9 Å². The molecule has 0 saturated heterocycles. The van der Waals surface area contributed by atoms with Gasteiger partial charge in [0, 0.05) is 23.0 Å². The molecule has 0 fully saturated rings. The van der Waals surface area contributed by atoms with Crippen LogP contribution >= 0.6 is 11.6 Å². The molecule has 0 spiro atoms. The average molecular weight is 484 g/mol. The van der Waals surface area contributed by atoms with Crippen LogP contribution in [0.2, 0.25) is 5.02 Å². The van der Waals surface area contributed by atoms with Gasteiger partial charge in [0.25, 0.3) is 0 Å². The van der Waals surface area contributed by atoms with Crippen LogP contribution in [0.25, 0.3) is 27.8 Å². The topological polar surface area (TPSA) is 81.9 Å². The van der Waals surface area contributed by atoms with Crippen molar-refractivity contribution in [3.63, 3.8) is 0 Å². The number of carbonyl (C=O) groups excluding carboxylic acids is 1. The van der Waals surface area contributed by atoms with E-state index in [9.17, 15) is 4.79 Å². The molecule has 8 heteroatoms. The van der Waals surface area contributed by atoms with Gasteiger partial charge in [-0.05, 0) is 61.4 Å². The van der Waals surface area contributed by atoms with E-state index < -0.39 is 5.97 Å². The monoisotopic (exact) mass is 483 g/mol. The highest BCUT2D eigenvalue weighted by Crippen LogP contribution is 2.37. The van der Waals surface area contributed by atoms with Gasteiger partial charge in [0.15, 0.2) is 0 Å². The van der Waals surface area contributed by atoms with E-state index in [1.807, 2.05) is 61.0 Å². The molecule has 0 atom stereocenters. The Morgan fingerprint density at radius 2 is 1.74 bits per heavy atom. The molecule has 0 aliphatic rings. The molecule has 2 aromatic heterocycles. The number of fused-ring (bicyclic) bond motifs is 1. The lowest BCUT2D eigenvalue weighted by atomic mass is 10.0. The summed E-state index contributed by atoms with van der Waals surface area (Å²) in [6.07, 6.45) is 3.34. The Balaban J connectivity index is 1.75. The number of aromatic nitrogens is 4. The molecule has 0 aliphatic carbocycles. The summed E-state index contributed by atoms with van der Waals surface area (Å²) >= 11 is 6.19. The van der Waals surface area contributed by atoms with E-state index in [1.165, 1.54) is 7.11 Å². The molecule has 0 amide bonds. The van der Waals surface area contributed by atoms with Gasteiger partial charge in [-0.1, -0.05) is 35.9 Å². The fraction of sp³-hybridized carbons (Fsp3) is 0.111. The lowest BCUT2D eigenvalue weighted by Gasteiger charge is -2.16. The molecule has 0 aliphatic heterocycles. The first-order valence-electron chi connectivity index (χ1n) is 11.0. The van der Waals surface area contributed by atoms with E-state index in [4.69, 9.17) is 21.4 Å². The zero-order chi connectivity index (χ0) is 24.5. The summed E-state index contributed by atoms with van der Waals surface area (Å²) in [5, 5.41) is 8.77. The molecular formula is C27H22ClN5O2. The third kappa shape index (κ3) is 4.22. The van der Waals surface area contributed by atoms with Crippen LogP contribution in [0.5, 0.6) is 0 Å². The van der Waals surface area contributed by atoms with Gasteiger partial charge in [-0.3, -0.25) is 9.97 Å². The molecule has 0 radical (unpaired) electrons. The van der Waals surface area contributed by atoms with Crippen LogP contribution in [-0.2, 0) is 4.74 Å². The van der Waals surface area contributed by atoms with Crippen LogP contribution < -0.4 is 5.32 Å². The number of halogens is 1. The first kappa shape index (κ1) is 22.6. The number of hydrogen-bond donors (Lipinski definition) is 1. The second-order valence-electron chi connectivity index (χ2n) is 8.07. The van der Waals surface area contributed by atoms with E-state index in [0.717, 1.165) is 39.1 Å². The number of rotatable bonds is 5. The fourth-order valence-corrected chi connectivity index (χ4v) is 4.29. The minimum Gasteiger partial charge on any atom is -0.465 e. The summed E-state index contributed by atoms with van der Waals surface area (Å²) in [6.45, 7) is 3.99. The number of hydrogen-bond acceptors (Lipinski definition) is 6. The number of ether oxygens (including phenoxy) is 1. The number of carbonyl (C=O) groups is 1. The van der Waals surface area contributed by atoms with E-state index in [1.54, 1.807) is 30.6 Å². The molecule has 0 saturated carbocycles. The lowest BCUT2D eigenvalue weighted by Crippen LogP contribution is -2.09. The largest absolute Gasteiger partial charge is 0.465 e. The standard InChI is InChI=1S/C27H22ClN5O2/c1-16-6-4-5-7-24(16)33-26(31-21-11-9-19(28)15-20(21)27(34)35-3)25(17(2)32-33)18-8-10-22-23(14-18)30-13-12-29-22/h4-15,31H,1-3H3. The number of esters is 1. The molecule has 5 rings (SSSR count).